The van der Waals surface area contributed by atoms with Crippen LogP contribution in [-0.4, -0.2) is 22.4 Å². The van der Waals surface area contributed by atoms with Crippen molar-refractivity contribution in [3.63, 3.8) is 0 Å². The average molecular weight is 359 g/mol. The number of carbonyl (C=O) groups excluding carboxylic acids is 1. The van der Waals surface area contributed by atoms with E-state index in [0.717, 1.165) is 27.7 Å². The van der Waals surface area contributed by atoms with Gasteiger partial charge in [0.05, 0.1) is 5.56 Å². The number of nitrogens with zero attached hydrogens (tertiary/aromatic N) is 1. The third-order valence-electron chi connectivity index (χ3n) is 4.48. The molecular weight excluding hydrogens is 341 g/mol. The first kappa shape index (κ1) is 17.0. The molecule has 0 aliphatic carbocycles. The molecule has 0 radical (unpaired) electrons. The van der Waals surface area contributed by atoms with Gasteiger partial charge in [0.15, 0.2) is 0 Å². The fourth-order valence-corrected chi connectivity index (χ4v) is 3.07. The maximum atomic E-state index is 13.6. The van der Waals surface area contributed by atoms with E-state index in [1.165, 1.54) is 12.1 Å². The molecule has 134 valence electrons. The number of hydrogen-bond donors (Lipinski definition) is 2. The zero-order valence-electron chi connectivity index (χ0n) is 14.6. The van der Waals surface area contributed by atoms with Gasteiger partial charge in [-0.1, -0.05) is 36.4 Å². The zero-order chi connectivity index (χ0) is 18.6. The number of fused-ring (bicyclic) bond motifs is 1. The molecule has 0 atom stereocenters. The SMILES string of the molecule is O=C(NCCc1cccc(-c2cnc3[nH]ccc3c2)c1)c1ccccc1F. The van der Waals surface area contributed by atoms with E-state index < -0.39 is 11.7 Å². The molecule has 4 nitrogen and oxygen atoms in total. The van der Waals surface area contributed by atoms with Gasteiger partial charge in [-0.2, -0.15) is 0 Å². The molecule has 0 saturated heterocycles. The van der Waals surface area contributed by atoms with E-state index in [0.29, 0.717) is 13.0 Å². The van der Waals surface area contributed by atoms with Gasteiger partial charge in [0, 0.05) is 29.9 Å². The van der Waals surface area contributed by atoms with Crippen LogP contribution in [-0.2, 0) is 6.42 Å². The van der Waals surface area contributed by atoms with Crippen molar-refractivity contribution in [1.29, 1.82) is 0 Å². The average Bonchev–Trinajstić information content (AvgIpc) is 3.16. The Kier molecular flexibility index (Phi) is 4.66. The van der Waals surface area contributed by atoms with Crippen molar-refractivity contribution in [3.05, 3.63) is 90.0 Å². The summed E-state index contributed by atoms with van der Waals surface area (Å²) in [6, 6.07) is 18.2. The fraction of sp³-hybridized carbons (Fsp3) is 0.0909. The molecule has 0 fully saturated rings. The van der Waals surface area contributed by atoms with E-state index in [1.54, 1.807) is 12.1 Å². The van der Waals surface area contributed by atoms with Gasteiger partial charge < -0.3 is 10.3 Å². The highest BCUT2D eigenvalue weighted by Gasteiger charge is 2.10. The molecule has 2 heterocycles. The van der Waals surface area contributed by atoms with Crippen molar-refractivity contribution in [2.24, 2.45) is 0 Å². The van der Waals surface area contributed by atoms with Crippen LogP contribution in [0, 0.1) is 5.82 Å². The Morgan fingerprint density at radius 1 is 1.04 bits per heavy atom. The van der Waals surface area contributed by atoms with E-state index in [-0.39, 0.29) is 5.56 Å². The molecule has 5 heteroatoms. The number of carbonyl (C=O) groups is 1. The highest BCUT2D eigenvalue weighted by molar-refractivity contribution is 5.94. The zero-order valence-corrected chi connectivity index (χ0v) is 14.6. The first-order valence-corrected chi connectivity index (χ1v) is 8.76. The smallest absolute Gasteiger partial charge is 0.254 e. The van der Waals surface area contributed by atoms with Crippen LogP contribution in [0.4, 0.5) is 4.39 Å². The number of nitrogens with one attached hydrogen (secondary N) is 2. The molecule has 2 aromatic carbocycles. The number of halogens is 1. The first-order chi connectivity index (χ1) is 13.2. The summed E-state index contributed by atoms with van der Waals surface area (Å²) in [7, 11) is 0. The van der Waals surface area contributed by atoms with Crippen LogP contribution in [0.15, 0.2) is 73.1 Å². The van der Waals surface area contributed by atoms with Crippen LogP contribution in [0.5, 0.6) is 0 Å². The summed E-state index contributed by atoms with van der Waals surface area (Å²) in [5, 5.41) is 3.84. The second-order valence-electron chi connectivity index (χ2n) is 6.33. The Labute approximate surface area is 156 Å². The largest absolute Gasteiger partial charge is 0.352 e. The molecule has 0 aliphatic rings. The Bertz CT molecular complexity index is 1100. The number of aromatic amines is 1. The highest BCUT2D eigenvalue weighted by atomic mass is 19.1. The van der Waals surface area contributed by atoms with Crippen LogP contribution in [0.2, 0.25) is 0 Å². The van der Waals surface area contributed by atoms with Gasteiger partial charge in [0.1, 0.15) is 11.5 Å². The maximum absolute atomic E-state index is 13.6. The van der Waals surface area contributed by atoms with E-state index in [2.05, 4.69) is 27.4 Å². The van der Waals surface area contributed by atoms with Crippen LogP contribution in [0.1, 0.15) is 15.9 Å². The van der Waals surface area contributed by atoms with Gasteiger partial charge in [0.25, 0.3) is 5.91 Å². The molecular formula is C22H18FN3O. The second kappa shape index (κ2) is 7.41. The van der Waals surface area contributed by atoms with Crippen molar-refractivity contribution in [2.45, 2.75) is 6.42 Å². The van der Waals surface area contributed by atoms with Gasteiger partial charge in [0.2, 0.25) is 0 Å². The third-order valence-corrected chi connectivity index (χ3v) is 4.48. The predicted octanol–water partition coefficient (Wildman–Crippen LogP) is 4.34. The summed E-state index contributed by atoms with van der Waals surface area (Å²) in [5.74, 6) is -0.906. The summed E-state index contributed by atoms with van der Waals surface area (Å²) in [5.41, 5.74) is 4.14. The molecule has 27 heavy (non-hydrogen) atoms. The van der Waals surface area contributed by atoms with Crippen LogP contribution >= 0.6 is 0 Å². The van der Waals surface area contributed by atoms with Gasteiger partial charge in [-0.05, 0) is 41.8 Å². The summed E-state index contributed by atoms with van der Waals surface area (Å²) in [4.78, 5) is 19.6. The van der Waals surface area contributed by atoms with E-state index in [4.69, 9.17) is 0 Å². The van der Waals surface area contributed by atoms with Gasteiger partial charge in [-0.15, -0.1) is 0 Å². The topological polar surface area (TPSA) is 57.8 Å². The molecule has 2 aromatic heterocycles. The molecule has 0 unspecified atom stereocenters. The minimum absolute atomic E-state index is 0.0668. The Balaban J connectivity index is 1.43. The fourth-order valence-electron chi connectivity index (χ4n) is 3.07. The van der Waals surface area contributed by atoms with Crippen LogP contribution in [0.3, 0.4) is 0 Å². The predicted molar refractivity (Wildman–Crippen MR) is 104 cm³/mol. The van der Waals surface area contributed by atoms with Gasteiger partial charge in [-0.3, -0.25) is 4.79 Å². The number of benzene rings is 2. The molecule has 4 rings (SSSR count). The minimum Gasteiger partial charge on any atom is -0.352 e. The van der Waals surface area contributed by atoms with Gasteiger partial charge in [-0.25, -0.2) is 9.37 Å². The van der Waals surface area contributed by atoms with E-state index >= 15 is 0 Å². The van der Waals surface area contributed by atoms with Crippen molar-refractivity contribution in [3.8, 4) is 11.1 Å². The summed E-state index contributed by atoms with van der Waals surface area (Å²) in [6.45, 7) is 0.436. The lowest BCUT2D eigenvalue weighted by molar-refractivity contribution is 0.0950. The molecule has 0 spiro atoms. The van der Waals surface area contributed by atoms with Crippen LogP contribution < -0.4 is 5.32 Å². The quantitative estimate of drug-likeness (QED) is 0.557. The molecule has 4 aromatic rings. The summed E-state index contributed by atoms with van der Waals surface area (Å²) in [6.07, 6.45) is 4.38. The third kappa shape index (κ3) is 3.72. The standard InChI is InChI=1S/C22H18FN3O/c23-20-7-2-1-6-19(20)22(27)25-10-8-15-4-3-5-16(12-15)18-13-17-9-11-24-21(17)26-14-18/h1-7,9,11-14H,8,10H2,(H,24,26)(H,25,27). The van der Waals surface area contributed by atoms with Crippen molar-refractivity contribution in [2.75, 3.05) is 6.54 Å². The normalized spacial score (nSPS) is 10.9. The summed E-state index contributed by atoms with van der Waals surface area (Å²) >= 11 is 0. The van der Waals surface area contributed by atoms with Gasteiger partial charge >= 0.3 is 0 Å². The molecule has 2 N–H and O–H groups in total. The number of amides is 1. The molecule has 0 bridgehead atoms. The molecule has 1 amide bonds. The lowest BCUT2D eigenvalue weighted by Crippen LogP contribution is -2.26. The highest BCUT2D eigenvalue weighted by Crippen LogP contribution is 2.23. The maximum Gasteiger partial charge on any atom is 0.254 e. The lowest BCUT2D eigenvalue weighted by atomic mass is 10.0. The van der Waals surface area contributed by atoms with Crippen molar-refractivity contribution >= 4 is 16.9 Å². The number of pyridine rings is 1. The van der Waals surface area contributed by atoms with Crippen molar-refractivity contribution in [1.82, 2.24) is 15.3 Å². The molecule has 0 saturated carbocycles. The number of aromatic nitrogens is 2. The number of hydrogen-bond acceptors (Lipinski definition) is 2. The minimum atomic E-state index is -0.510. The first-order valence-electron chi connectivity index (χ1n) is 8.76. The number of H-pyrrole nitrogens is 1. The van der Waals surface area contributed by atoms with E-state index in [1.807, 2.05) is 36.7 Å². The molecule has 0 aliphatic heterocycles. The lowest BCUT2D eigenvalue weighted by Gasteiger charge is -2.08. The Hall–Kier alpha value is -3.47. The number of rotatable bonds is 5. The van der Waals surface area contributed by atoms with Crippen LogP contribution in [0.25, 0.3) is 22.2 Å². The monoisotopic (exact) mass is 359 g/mol. The van der Waals surface area contributed by atoms with Crippen molar-refractivity contribution < 1.29 is 9.18 Å². The second-order valence-corrected chi connectivity index (χ2v) is 6.33. The van der Waals surface area contributed by atoms with E-state index in [9.17, 15) is 9.18 Å². The Morgan fingerprint density at radius 3 is 2.81 bits per heavy atom. The Morgan fingerprint density at radius 2 is 1.93 bits per heavy atom. The summed E-state index contributed by atoms with van der Waals surface area (Å²) < 4.78 is 13.6.